The molecule has 2 heterocycles. The van der Waals surface area contributed by atoms with Crippen molar-refractivity contribution in [2.45, 2.75) is 16.4 Å². The van der Waals surface area contributed by atoms with Gasteiger partial charge >= 0.3 is 0 Å². The molecule has 2 aromatic rings. The van der Waals surface area contributed by atoms with Crippen molar-refractivity contribution in [1.29, 1.82) is 0 Å². The second kappa shape index (κ2) is 4.38. The fourth-order valence-corrected chi connectivity index (χ4v) is 2.79. The topological polar surface area (TPSA) is 76.8 Å². The highest BCUT2D eigenvalue weighted by atomic mass is 32.2. The first-order valence-corrected chi connectivity index (χ1v) is 6.22. The van der Waals surface area contributed by atoms with Gasteiger partial charge in [0.25, 0.3) is 0 Å². The van der Waals surface area contributed by atoms with Crippen molar-refractivity contribution in [3.63, 3.8) is 0 Å². The van der Waals surface area contributed by atoms with Gasteiger partial charge in [0.1, 0.15) is 18.7 Å². The predicted molar refractivity (Wildman–Crippen MR) is 64.9 cm³/mol. The number of aromatic nitrogens is 3. The summed E-state index contributed by atoms with van der Waals surface area (Å²) in [5.41, 5.74) is 7.30. The highest BCUT2D eigenvalue weighted by molar-refractivity contribution is 7.99. The molecule has 2 atom stereocenters. The molecule has 3 N–H and O–H groups in total. The maximum atomic E-state index is 6.24. The van der Waals surface area contributed by atoms with E-state index in [9.17, 15) is 0 Å². The molecule has 6 heteroatoms. The van der Waals surface area contributed by atoms with Gasteiger partial charge in [-0.25, -0.2) is 4.98 Å². The fourth-order valence-electron chi connectivity index (χ4n) is 1.86. The molecule has 88 valence electrons. The van der Waals surface area contributed by atoms with E-state index >= 15 is 0 Å². The van der Waals surface area contributed by atoms with Crippen LogP contribution in [0, 0.1) is 0 Å². The van der Waals surface area contributed by atoms with Gasteiger partial charge in [0.05, 0.1) is 5.25 Å². The van der Waals surface area contributed by atoms with Crippen LogP contribution in [0.4, 0.5) is 0 Å². The Kier molecular flexibility index (Phi) is 2.74. The molecule has 0 aliphatic carbocycles. The van der Waals surface area contributed by atoms with Crippen molar-refractivity contribution in [3.05, 3.63) is 36.2 Å². The third-order valence-corrected chi connectivity index (χ3v) is 3.89. The van der Waals surface area contributed by atoms with Gasteiger partial charge in [0.2, 0.25) is 0 Å². The minimum absolute atomic E-state index is 0.0463. The summed E-state index contributed by atoms with van der Waals surface area (Å²) < 4.78 is 5.69. The number of rotatable bonds is 2. The van der Waals surface area contributed by atoms with Gasteiger partial charge in [-0.2, -0.15) is 5.10 Å². The van der Waals surface area contributed by atoms with Crippen LogP contribution in [-0.2, 0) is 0 Å². The number of ether oxygens (including phenoxy) is 1. The van der Waals surface area contributed by atoms with Crippen molar-refractivity contribution < 1.29 is 4.74 Å². The van der Waals surface area contributed by atoms with Crippen LogP contribution < -0.4 is 10.5 Å². The summed E-state index contributed by atoms with van der Waals surface area (Å²) in [7, 11) is 0. The van der Waals surface area contributed by atoms with E-state index < -0.39 is 0 Å². The minimum Gasteiger partial charge on any atom is -0.492 e. The molecule has 17 heavy (non-hydrogen) atoms. The van der Waals surface area contributed by atoms with Crippen LogP contribution in [0.2, 0.25) is 0 Å². The Balaban J connectivity index is 1.82. The summed E-state index contributed by atoms with van der Waals surface area (Å²) >= 11 is 1.56. The number of H-pyrrole nitrogens is 1. The smallest absolute Gasteiger partial charge is 0.183 e. The van der Waals surface area contributed by atoms with E-state index in [4.69, 9.17) is 10.5 Å². The number of hydrogen-bond donors (Lipinski definition) is 2. The van der Waals surface area contributed by atoms with Crippen LogP contribution in [0.25, 0.3) is 0 Å². The first-order valence-electron chi connectivity index (χ1n) is 5.34. The summed E-state index contributed by atoms with van der Waals surface area (Å²) in [6.45, 7) is 0.587. The molecule has 1 aromatic heterocycles. The number of nitrogens with one attached hydrogen (secondary N) is 1. The zero-order chi connectivity index (χ0) is 11.7. The van der Waals surface area contributed by atoms with E-state index in [0.717, 1.165) is 16.5 Å². The number of nitrogens with zero attached hydrogens (tertiary/aromatic N) is 2. The summed E-state index contributed by atoms with van der Waals surface area (Å²) in [5, 5.41) is 7.56. The summed E-state index contributed by atoms with van der Waals surface area (Å²) in [6, 6.07) is 7.84. The second-order valence-electron chi connectivity index (χ2n) is 3.82. The molecular weight excluding hydrogens is 236 g/mol. The summed E-state index contributed by atoms with van der Waals surface area (Å²) in [4.78, 5) is 4.09. The molecule has 0 radical (unpaired) electrons. The Hall–Kier alpha value is -1.53. The quantitative estimate of drug-likeness (QED) is 0.839. The van der Waals surface area contributed by atoms with Crippen molar-refractivity contribution in [3.8, 4) is 5.75 Å². The molecular formula is C11H12N4OS. The van der Waals surface area contributed by atoms with Gasteiger partial charge in [-0.1, -0.05) is 30.0 Å². The molecule has 0 bridgehead atoms. The number of hydrogen-bond acceptors (Lipinski definition) is 5. The Morgan fingerprint density at radius 2 is 2.29 bits per heavy atom. The molecule has 0 amide bonds. The molecule has 0 spiro atoms. The van der Waals surface area contributed by atoms with Gasteiger partial charge in [-0.15, -0.1) is 0 Å². The van der Waals surface area contributed by atoms with Gasteiger partial charge in [0, 0.05) is 11.6 Å². The fraction of sp³-hybridized carbons (Fsp3) is 0.273. The third-order valence-electron chi connectivity index (χ3n) is 2.74. The van der Waals surface area contributed by atoms with Crippen LogP contribution in [-0.4, -0.2) is 27.0 Å². The Bertz CT molecular complexity index is 502. The lowest BCUT2D eigenvalue weighted by Crippen LogP contribution is -2.33. The zero-order valence-electron chi connectivity index (χ0n) is 9.04. The molecule has 0 fully saturated rings. The van der Waals surface area contributed by atoms with Crippen molar-refractivity contribution in [1.82, 2.24) is 15.2 Å². The number of aromatic amines is 1. The van der Waals surface area contributed by atoms with Gasteiger partial charge in [-0.05, 0) is 6.07 Å². The lowest BCUT2D eigenvalue weighted by molar-refractivity contribution is 0.276. The average Bonchev–Trinajstić information content (AvgIpc) is 2.86. The largest absolute Gasteiger partial charge is 0.492 e. The monoisotopic (exact) mass is 248 g/mol. The molecule has 1 aliphatic rings. The normalized spacial score (nSPS) is 22.9. The van der Waals surface area contributed by atoms with E-state index in [2.05, 4.69) is 15.2 Å². The maximum absolute atomic E-state index is 6.24. The van der Waals surface area contributed by atoms with Crippen molar-refractivity contribution in [2.75, 3.05) is 6.61 Å². The lowest BCUT2D eigenvalue weighted by atomic mass is 10.0. The molecule has 5 nitrogen and oxygen atoms in total. The maximum Gasteiger partial charge on any atom is 0.183 e. The molecule has 3 rings (SSSR count). The van der Waals surface area contributed by atoms with E-state index in [1.807, 2.05) is 24.3 Å². The number of para-hydroxylation sites is 1. The SMILES string of the molecule is NC1c2ccccc2OCC1Sc1ncn[nH]1. The Morgan fingerprint density at radius 1 is 1.41 bits per heavy atom. The predicted octanol–water partition coefficient (Wildman–Crippen LogP) is 1.36. The molecule has 1 aromatic carbocycles. The van der Waals surface area contributed by atoms with Crippen LogP contribution in [0.3, 0.4) is 0 Å². The lowest BCUT2D eigenvalue weighted by Gasteiger charge is -2.29. The third kappa shape index (κ3) is 2.01. The molecule has 0 saturated carbocycles. The summed E-state index contributed by atoms with van der Waals surface area (Å²) in [6.07, 6.45) is 1.49. The first kappa shape index (κ1) is 10.6. The average molecular weight is 248 g/mol. The minimum atomic E-state index is -0.0463. The Morgan fingerprint density at radius 3 is 3.12 bits per heavy atom. The van der Waals surface area contributed by atoms with E-state index in [1.165, 1.54) is 6.33 Å². The van der Waals surface area contributed by atoms with Crippen LogP contribution in [0.1, 0.15) is 11.6 Å². The van der Waals surface area contributed by atoms with Crippen LogP contribution >= 0.6 is 11.8 Å². The number of fused-ring (bicyclic) bond motifs is 1. The van der Waals surface area contributed by atoms with Gasteiger partial charge in [0.15, 0.2) is 5.16 Å². The number of benzene rings is 1. The zero-order valence-corrected chi connectivity index (χ0v) is 9.85. The number of thioether (sulfide) groups is 1. The second-order valence-corrected chi connectivity index (χ2v) is 5.05. The number of nitrogens with two attached hydrogens (primary N) is 1. The highest BCUT2D eigenvalue weighted by Gasteiger charge is 2.29. The molecule has 0 saturated heterocycles. The molecule has 2 unspecified atom stereocenters. The van der Waals surface area contributed by atoms with E-state index in [-0.39, 0.29) is 11.3 Å². The van der Waals surface area contributed by atoms with Crippen LogP contribution in [0.15, 0.2) is 35.7 Å². The van der Waals surface area contributed by atoms with Gasteiger partial charge in [-0.3, -0.25) is 5.10 Å². The summed E-state index contributed by atoms with van der Waals surface area (Å²) in [5.74, 6) is 0.884. The van der Waals surface area contributed by atoms with Gasteiger partial charge < -0.3 is 10.5 Å². The van der Waals surface area contributed by atoms with E-state index in [0.29, 0.717) is 6.61 Å². The van der Waals surface area contributed by atoms with E-state index in [1.54, 1.807) is 11.8 Å². The van der Waals surface area contributed by atoms with Crippen molar-refractivity contribution >= 4 is 11.8 Å². The van der Waals surface area contributed by atoms with Crippen LogP contribution in [0.5, 0.6) is 5.75 Å². The standard InChI is InChI=1S/C11H12N4OS/c12-10-7-3-1-2-4-8(7)16-5-9(10)17-11-13-6-14-15-11/h1-4,6,9-10H,5,12H2,(H,13,14,15). The first-order chi connectivity index (χ1) is 8.34. The van der Waals surface area contributed by atoms with Crippen molar-refractivity contribution in [2.24, 2.45) is 5.73 Å². The Labute approximate surface area is 103 Å². The highest BCUT2D eigenvalue weighted by Crippen LogP contribution is 2.37. The molecule has 1 aliphatic heterocycles.